The maximum absolute atomic E-state index is 11.6. The van der Waals surface area contributed by atoms with Gasteiger partial charge in [0.1, 0.15) is 12.4 Å². The second kappa shape index (κ2) is 9.13. The minimum absolute atomic E-state index is 0.0545. The number of fused-ring (bicyclic) bond motifs is 1. The van der Waals surface area contributed by atoms with E-state index in [1.54, 1.807) is 0 Å². The number of aliphatic imine (C=N–C) groups is 1. The van der Waals surface area contributed by atoms with E-state index in [2.05, 4.69) is 11.9 Å². The summed E-state index contributed by atoms with van der Waals surface area (Å²) in [5.74, 6) is 0.297. The molecule has 0 fully saturated rings. The van der Waals surface area contributed by atoms with Gasteiger partial charge in [0.25, 0.3) is 0 Å². The number of amides is 1. The largest absolute Gasteiger partial charge is 0.489 e. The van der Waals surface area contributed by atoms with E-state index in [0.717, 1.165) is 40.8 Å². The number of anilines is 1. The SMILES string of the molecule is C=C(N=C(C)c1ccc(OC(C)C)c(N)c1)c1cccc2c1CC[C@@H]2NC(=O)CO. The molecule has 0 saturated carbocycles. The Bertz CT molecular complexity index is 995. The van der Waals surface area contributed by atoms with E-state index in [9.17, 15) is 4.79 Å². The first-order valence-electron chi connectivity index (χ1n) is 10.1. The zero-order chi connectivity index (χ0) is 21.8. The van der Waals surface area contributed by atoms with E-state index in [4.69, 9.17) is 20.6 Å². The van der Waals surface area contributed by atoms with Gasteiger partial charge in [0, 0.05) is 11.3 Å². The van der Waals surface area contributed by atoms with Crippen LogP contribution in [0.5, 0.6) is 5.75 Å². The molecule has 2 aromatic rings. The Hall–Kier alpha value is -3.12. The highest BCUT2D eigenvalue weighted by molar-refractivity contribution is 6.02. The molecule has 1 aliphatic carbocycles. The zero-order valence-corrected chi connectivity index (χ0v) is 17.7. The second-order valence-electron chi connectivity index (χ2n) is 7.75. The Kier molecular flexibility index (Phi) is 6.57. The Morgan fingerprint density at radius 1 is 1.37 bits per heavy atom. The van der Waals surface area contributed by atoms with Gasteiger partial charge in [0.2, 0.25) is 5.91 Å². The highest BCUT2D eigenvalue weighted by atomic mass is 16.5. The molecule has 30 heavy (non-hydrogen) atoms. The van der Waals surface area contributed by atoms with Crippen LogP contribution in [0, 0.1) is 0 Å². The first-order valence-corrected chi connectivity index (χ1v) is 10.1. The van der Waals surface area contributed by atoms with Gasteiger partial charge in [-0.15, -0.1) is 0 Å². The van der Waals surface area contributed by atoms with Crippen molar-refractivity contribution in [3.8, 4) is 5.75 Å². The van der Waals surface area contributed by atoms with Crippen molar-refractivity contribution in [2.45, 2.75) is 45.8 Å². The zero-order valence-electron chi connectivity index (χ0n) is 17.7. The Morgan fingerprint density at radius 2 is 2.13 bits per heavy atom. The third-order valence-corrected chi connectivity index (χ3v) is 5.15. The summed E-state index contributed by atoms with van der Waals surface area (Å²) in [5.41, 5.74) is 12.3. The van der Waals surface area contributed by atoms with Crippen molar-refractivity contribution in [2.24, 2.45) is 4.99 Å². The van der Waals surface area contributed by atoms with Crippen LogP contribution in [-0.4, -0.2) is 29.4 Å². The number of rotatable bonds is 7. The number of nitrogen functional groups attached to an aromatic ring is 1. The molecular weight excluding hydrogens is 378 g/mol. The van der Waals surface area contributed by atoms with Crippen LogP contribution < -0.4 is 15.8 Å². The molecule has 2 aromatic carbocycles. The van der Waals surface area contributed by atoms with Crippen LogP contribution in [0.25, 0.3) is 5.70 Å². The summed E-state index contributed by atoms with van der Waals surface area (Å²) in [6.07, 6.45) is 1.67. The second-order valence-corrected chi connectivity index (χ2v) is 7.75. The molecular formula is C24H29N3O3. The molecule has 6 heteroatoms. The molecule has 6 nitrogen and oxygen atoms in total. The number of nitrogens with zero attached hydrogens (tertiary/aromatic N) is 1. The van der Waals surface area contributed by atoms with Crippen molar-refractivity contribution < 1.29 is 14.6 Å². The average molecular weight is 408 g/mol. The monoisotopic (exact) mass is 407 g/mol. The number of aliphatic hydroxyl groups is 1. The fourth-order valence-electron chi connectivity index (χ4n) is 3.78. The number of carbonyl (C=O) groups is 1. The van der Waals surface area contributed by atoms with E-state index in [1.165, 1.54) is 0 Å². The van der Waals surface area contributed by atoms with Gasteiger partial charge in [0.05, 0.1) is 23.5 Å². The van der Waals surface area contributed by atoms with Crippen LogP contribution in [0.2, 0.25) is 0 Å². The van der Waals surface area contributed by atoms with Gasteiger partial charge >= 0.3 is 0 Å². The number of benzene rings is 2. The normalized spacial score (nSPS) is 15.8. The maximum atomic E-state index is 11.6. The fourth-order valence-corrected chi connectivity index (χ4v) is 3.78. The standard InChI is InChI=1S/C24H29N3O3/c1-14(2)30-23-11-8-17(12-21(23)25)15(3)26-16(4)18-6-5-7-20-19(18)9-10-22(20)27-24(29)13-28/h5-8,11-12,14,22,28H,4,9-10,13,25H2,1-3H3,(H,27,29)/t22-/m0/s1. The first-order chi connectivity index (χ1) is 14.3. The van der Waals surface area contributed by atoms with Gasteiger partial charge in [-0.25, -0.2) is 0 Å². The molecule has 0 aromatic heterocycles. The molecule has 0 spiro atoms. The number of hydrogen-bond donors (Lipinski definition) is 3. The van der Waals surface area contributed by atoms with Crippen molar-refractivity contribution >= 4 is 23.0 Å². The Labute approximate surface area is 177 Å². The molecule has 4 N–H and O–H groups in total. The molecule has 158 valence electrons. The summed E-state index contributed by atoms with van der Waals surface area (Å²) < 4.78 is 5.70. The van der Waals surface area contributed by atoms with Gasteiger partial charge < -0.3 is 20.9 Å². The van der Waals surface area contributed by atoms with Crippen molar-refractivity contribution in [2.75, 3.05) is 12.3 Å². The molecule has 3 rings (SSSR count). The van der Waals surface area contributed by atoms with Crippen LogP contribution in [0.4, 0.5) is 5.69 Å². The summed E-state index contributed by atoms with van der Waals surface area (Å²) in [4.78, 5) is 16.3. The lowest BCUT2D eigenvalue weighted by Crippen LogP contribution is -2.29. The van der Waals surface area contributed by atoms with Gasteiger partial charge in [-0.1, -0.05) is 24.8 Å². The molecule has 1 amide bonds. The first kappa shape index (κ1) is 21.6. The maximum Gasteiger partial charge on any atom is 0.246 e. The quantitative estimate of drug-likeness (QED) is 0.482. The number of ether oxygens (including phenoxy) is 1. The van der Waals surface area contributed by atoms with Crippen LogP contribution in [0.1, 0.15) is 55.5 Å². The average Bonchev–Trinajstić information content (AvgIpc) is 3.11. The molecule has 0 heterocycles. The number of nitrogens with one attached hydrogen (secondary N) is 1. The lowest BCUT2D eigenvalue weighted by molar-refractivity contribution is -0.124. The van der Waals surface area contributed by atoms with Gasteiger partial charge in [-0.2, -0.15) is 0 Å². The van der Waals surface area contributed by atoms with E-state index >= 15 is 0 Å². The van der Waals surface area contributed by atoms with E-state index in [1.807, 2.05) is 57.2 Å². The summed E-state index contributed by atoms with van der Waals surface area (Å²) in [6, 6.07) is 11.5. The van der Waals surface area contributed by atoms with Gasteiger partial charge in [0.15, 0.2) is 0 Å². The van der Waals surface area contributed by atoms with Crippen molar-refractivity contribution in [3.05, 3.63) is 65.2 Å². The Morgan fingerprint density at radius 3 is 2.80 bits per heavy atom. The molecule has 0 radical (unpaired) electrons. The van der Waals surface area contributed by atoms with Crippen molar-refractivity contribution in [3.63, 3.8) is 0 Å². The van der Waals surface area contributed by atoms with Gasteiger partial charge in [-0.05, 0) is 68.5 Å². The lowest BCUT2D eigenvalue weighted by atomic mass is 10.00. The third kappa shape index (κ3) is 4.71. The summed E-state index contributed by atoms with van der Waals surface area (Å²) in [7, 11) is 0. The van der Waals surface area contributed by atoms with Crippen LogP contribution >= 0.6 is 0 Å². The minimum Gasteiger partial charge on any atom is -0.489 e. The lowest BCUT2D eigenvalue weighted by Gasteiger charge is -2.15. The number of hydrogen-bond acceptors (Lipinski definition) is 5. The predicted molar refractivity (Wildman–Crippen MR) is 121 cm³/mol. The minimum atomic E-state index is -0.508. The molecule has 1 aliphatic rings. The molecule has 0 aliphatic heterocycles. The summed E-state index contributed by atoms with van der Waals surface area (Å²) >= 11 is 0. The predicted octanol–water partition coefficient (Wildman–Crippen LogP) is 3.63. The molecule has 1 atom stereocenters. The van der Waals surface area contributed by atoms with Crippen molar-refractivity contribution in [1.82, 2.24) is 5.32 Å². The summed E-state index contributed by atoms with van der Waals surface area (Å²) in [5, 5.41) is 11.9. The van der Waals surface area contributed by atoms with Crippen LogP contribution in [0.3, 0.4) is 0 Å². The summed E-state index contributed by atoms with van der Waals surface area (Å²) in [6.45, 7) is 9.52. The van der Waals surface area contributed by atoms with Gasteiger partial charge in [-0.3, -0.25) is 9.79 Å². The molecule has 0 unspecified atom stereocenters. The van der Waals surface area contributed by atoms with Crippen LogP contribution in [0.15, 0.2) is 48.0 Å². The smallest absolute Gasteiger partial charge is 0.246 e. The van der Waals surface area contributed by atoms with Crippen LogP contribution in [-0.2, 0) is 11.2 Å². The van der Waals surface area contributed by atoms with E-state index in [-0.39, 0.29) is 18.1 Å². The topological polar surface area (TPSA) is 96.9 Å². The third-order valence-electron chi connectivity index (χ3n) is 5.15. The Balaban J connectivity index is 1.83. The fraction of sp³-hybridized carbons (Fsp3) is 0.333. The van der Waals surface area contributed by atoms with E-state index < -0.39 is 6.61 Å². The number of aliphatic hydroxyl groups excluding tert-OH is 1. The van der Waals surface area contributed by atoms with E-state index in [0.29, 0.717) is 17.1 Å². The van der Waals surface area contributed by atoms with Crippen molar-refractivity contribution in [1.29, 1.82) is 0 Å². The molecule has 0 saturated heterocycles. The molecule has 0 bridgehead atoms. The number of carbonyl (C=O) groups excluding carboxylic acids is 1. The highest BCUT2D eigenvalue weighted by Crippen LogP contribution is 2.36. The highest BCUT2D eigenvalue weighted by Gasteiger charge is 2.26. The number of nitrogens with two attached hydrogens (primary N) is 1.